The average molecular weight is 172 g/mol. The highest BCUT2D eigenvalue weighted by atomic mass is 16.1. The van der Waals surface area contributed by atoms with Gasteiger partial charge in [0.1, 0.15) is 5.78 Å². The fraction of sp³-hybridized carbons (Fsp3) is 0.417. The molecule has 0 amide bonds. The van der Waals surface area contributed by atoms with Crippen molar-refractivity contribution in [3.05, 3.63) is 35.4 Å². The van der Waals surface area contributed by atoms with Crippen LogP contribution in [0.2, 0.25) is 0 Å². The fourth-order valence-electron chi connectivity index (χ4n) is 2.77. The van der Waals surface area contributed by atoms with E-state index in [9.17, 15) is 4.79 Å². The number of Topliss-reactive ketones (excluding diaryl/α,β-unsaturated/α-hetero) is 1. The van der Waals surface area contributed by atoms with Gasteiger partial charge in [-0.1, -0.05) is 24.3 Å². The van der Waals surface area contributed by atoms with Crippen LogP contribution in [0.15, 0.2) is 24.3 Å². The van der Waals surface area contributed by atoms with Crippen LogP contribution < -0.4 is 0 Å². The third kappa shape index (κ3) is 0.902. The van der Waals surface area contributed by atoms with Crippen molar-refractivity contribution in [3.63, 3.8) is 0 Å². The second-order valence-electron chi connectivity index (χ2n) is 4.13. The number of benzene rings is 1. The quantitative estimate of drug-likeness (QED) is 0.587. The smallest absolute Gasteiger partial charge is 0.143 e. The summed E-state index contributed by atoms with van der Waals surface area (Å²) in [6, 6.07) is 8.42. The number of ketones is 1. The van der Waals surface area contributed by atoms with Crippen LogP contribution in [-0.2, 0) is 11.2 Å². The van der Waals surface area contributed by atoms with Crippen molar-refractivity contribution in [2.45, 2.75) is 25.2 Å². The predicted molar refractivity (Wildman–Crippen MR) is 50.6 cm³/mol. The van der Waals surface area contributed by atoms with Crippen LogP contribution in [0, 0.1) is 5.92 Å². The number of hydrogen-bond acceptors (Lipinski definition) is 1. The molecule has 0 saturated heterocycles. The zero-order valence-electron chi connectivity index (χ0n) is 7.49. The van der Waals surface area contributed by atoms with Gasteiger partial charge < -0.3 is 0 Å². The minimum absolute atomic E-state index is 0.245. The maximum atomic E-state index is 11.8. The first-order chi connectivity index (χ1) is 6.36. The molecule has 1 aromatic rings. The first kappa shape index (κ1) is 7.31. The molecule has 0 heterocycles. The van der Waals surface area contributed by atoms with Crippen LogP contribution in [0.4, 0.5) is 0 Å². The monoisotopic (exact) mass is 172 g/mol. The normalized spacial score (nSPS) is 30.3. The summed E-state index contributed by atoms with van der Waals surface area (Å²) in [5.74, 6) is 1.09. The van der Waals surface area contributed by atoms with Crippen molar-refractivity contribution in [2.24, 2.45) is 5.92 Å². The Kier molecular flexibility index (Phi) is 1.37. The van der Waals surface area contributed by atoms with Gasteiger partial charge in [-0.3, -0.25) is 4.79 Å². The highest BCUT2D eigenvalue weighted by Gasteiger charge is 2.39. The molecule has 0 spiro atoms. The van der Waals surface area contributed by atoms with Gasteiger partial charge in [0.2, 0.25) is 0 Å². The summed E-state index contributed by atoms with van der Waals surface area (Å²) in [6.07, 6.45) is 3.18. The summed E-state index contributed by atoms with van der Waals surface area (Å²) in [5, 5.41) is 0. The van der Waals surface area contributed by atoms with Gasteiger partial charge in [0.05, 0.1) is 0 Å². The number of rotatable bonds is 0. The molecule has 2 atom stereocenters. The van der Waals surface area contributed by atoms with Crippen LogP contribution in [0.3, 0.4) is 0 Å². The highest BCUT2D eigenvalue weighted by Crippen LogP contribution is 2.42. The molecule has 0 radical (unpaired) electrons. The molecule has 1 heteroatoms. The molecular formula is C12H12O. The summed E-state index contributed by atoms with van der Waals surface area (Å²) in [4.78, 5) is 11.8. The number of carbonyl (C=O) groups excluding carboxylic acids is 1. The lowest BCUT2D eigenvalue weighted by molar-refractivity contribution is -0.122. The van der Waals surface area contributed by atoms with Gasteiger partial charge in [-0.05, 0) is 30.4 Å². The molecule has 1 fully saturated rings. The molecular weight excluding hydrogens is 160 g/mol. The Morgan fingerprint density at radius 2 is 2.00 bits per heavy atom. The molecule has 1 saturated carbocycles. The van der Waals surface area contributed by atoms with Crippen LogP contribution >= 0.6 is 0 Å². The van der Waals surface area contributed by atoms with Gasteiger partial charge in [-0.2, -0.15) is 0 Å². The van der Waals surface area contributed by atoms with E-state index in [1.807, 2.05) is 6.07 Å². The van der Waals surface area contributed by atoms with E-state index in [0.29, 0.717) is 11.7 Å². The highest BCUT2D eigenvalue weighted by molar-refractivity contribution is 5.92. The van der Waals surface area contributed by atoms with Crippen LogP contribution in [0.5, 0.6) is 0 Å². The molecule has 66 valence electrons. The van der Waals surface area contributed by atoms with E-state index in [1.165, 1.54) is 11.1 Å². The molecule has 1 nitrogen and oxygen atoms in total. The Hall–Kier alpha value is -1.11. The van der Waals surface area contributed by atoms with Crippen molar-refractivity contribution in [1.82, 2.24) is 0 Å². The SMILES string of the molecule is O=C1C2CCC1c1ccccc1C2. The molecule has 2 aliphatic carbocycles. The molecule has 2 aliphatic rings. The molecule has 13 heavy (non-hydrogen) atoms. The molecule has 2 bridgehead atoms. The van der Waals surface area contributed by atoms with Crippen molar-refractivity contribution in [2.75, 3.05) is 0 Å². The van der Waals surface area contributed by atoms with Gasteiger partial charge in [0.25, 0.3) is 0 Å². The van der Waals surface area contributed by atoms with Gasteiger partial charge in [0, 0.05) is 11.8 Å². The second kappa shape index (κ2) is 2.44. The number of fused-ring (bicyclic) bond motifs is 4. The lowest BCUT2D eigenvalue weighted by atomic mass is 9.82. The molecule has 0 N–H and O–H groups in total. The molecule has 2 unspecified atom stereocenters. The van der Waals surface area contributed by atoms with E-state index in [0.717, 1.165) is 19.3 Å². The lowest BCUT2D eigenvalue weighted by Gasteiger charge is -2.21. The summed E-state index contributed by atoms with van der Waals surface area (Å²) in [5.41, 5.74) is 2.72. The van der Waals surface area contributed by atoms with Crippen molar-refractivity contribution in [1.29, 1.82) is 0 Å². The Labute approximate surface area is 77.8 Å². The average Bonchev–Trinajstić information content (AvgIpc) is 2.43. The van der Waals surface area contributed by atoms with Crippen LogP contribution in [-0.4, -0.2) is 5.78 Å². The Balaban J connectivity index is 2.18. The van der Waals surface area contributed by atoms with E-state index in [1.54, 1.807) is 0 Å². The maximum absolute atomic E-state index is 11.8. The summed E-state index contributed by atoms with van der Waals surface area (Å²) in [7, 11) is 0. The van der Waals surface area contributed by atoms with E-state index in [2.05, 4.69) is 18.2 Å². The second-order valence-corrected chi connectivity index (χ2v) is 4.13. The molecule has 3 rings (SSSR count). The third-order valence-corrected chi connectivity index (χ3v) is 3.45. The Bertz CT molecular complexity index is 367. The van der Waals surface area contributed by atoms with Gasteiger partial charge in [-0.15, -0.1) is 0 Å². The molecule has 0 aromatic heterocycles. The van der Waals surface area contributed by atoms with Gasteiger partial charge >= 0.3 is 0 Å². The van der Waals surface area contributed by atoms with E-state index in [-0.39, 0.29) is 5.92 Å². The van der Waals surface area contributed by atoms with Gasteiger partial charge in [-0.25, -0.2) is 0 Å². The minimum atomic E-state index is 0.245. The van der Waals surface area contributed by atoms with Crippen molar-refractivity contribution >= 4 is 5.78 Å². The van der Waals surface area contributed by atoms with E-state index >= 15 is 0 Å². The zero-order valence-corrected chi connectivity index (χ0v) is 7.49. The Morgan fingerprint density at radius 1 is 1.15 bits per heavy atom. The first-order valence-corrected chi connectivity index (χ1v) is 4.98. The predicted octanol–water partition coefficient (Wildman–Crippen LogP) is 2.31. The standard InChI is InChI=1S/C12H12O/c13-12-9-5-6-11(12)10-4-2-1-3-8(10)7-9/h1-4,9,11H,5-7H2. The third-order valence-electron chi connectivity index (χ3n) is 3.45. The molecule has 0 aliphatic heterocycles. The Morgan fingerprint density at radius 3 is 2.92 bits per heavy atom. The summed E-state index contributed by atoms with van der Waals surface area (Å²) in [6.45, 7) is 0. The minimum Gasteiger partial charge on any atom is -0.299 e. The molecule has 1 aromatic carbocycles. The van der Waals surface area contributed by atoms with Crippen LogP contribution in [0.1, 0.15) is 29.9 Å². The fourth-order valence-corrected chi connectivity index (χ4v) is 2.77. The van der Waals surface area contributed by atoms with Crippen molar-refractivity contribution in [3.8, 4) is 0 Å². The largest absolute Gasteiger partial charge is 0.299 e. The van der Waals surface area contributed by atoms with Gasteiger partial charge in [0.15, 0.2) is 0 Å². The first-order valence-electron chi connectivity index (χ1n) is 4.98. The number of carbonyl (C=O) groups is 1. The van der Waals surface area contributed by atoms with Crippen LogP contribution in [0.25, 0.3) is 0 Å². The zero-order chi connectivity index (χ0) is 8.84. The van der Waals surface area contributed by atoms with E-state index < -0.39 is 0 Å². The van der Waals surface area contributed by atoms with E-state index in [4.69, 9.17) is 0 Å². The summed E-state index contributed by atoms with van der Waals surface area (Å²) < 4.78 is 0. The number of hydrogen-bond donors (Lipinski definition) is 0. The topological polar surface area (TPSA) is 17.1 Å². The van der Waals surface area contributed by atoms with Crippen molar-refractivity contribution < 1.29 is 4.79 Å². The lowest BCUT2D eigenvalue weighted by Crippen LogP contribution is -2.21. The summed E-state index contributed by atoms with van der Waals surface area (Å²) >= 11 is 0. The maximum Gasteiger partial charge on any atom is 0.143 e.